The molecule has 0 aliphatic heterocycles. The molecule has 0 saturated heterocycles. The van der Waals surface area contributed by atoms with Gasteiger partial charge in [-0.15, -0.1) is 0 Å². The normalized spacial score (nSPS) is 8.86. The van der Waals surface area contributed by atoms with Gasteiger partial charge in [-0.1, -0.05) is 6.42 Å². The van der Waals surface area contributed by atoms with E-state index in [1.165, 1.54) is 0 Å². The van der Waals surface area contributed by atoms with Crippen molar-refractivity contribution in [2.24, 2.45) is 0 Å². The van der Waals surface area contributed by atoms with Gasteiger partial charge in [-0.25, -0.2) is 4.79 Å². The minimum atomic E-state index is -0.347. The SMILES string of the molecule is C#COc1ccc(C(=O)OCC)cc1. The van der Waals surface area contributed by atoms with Gasteiger partial charge in [0, 0.05) is 0 Å². The number of hydrogen-bond donors (Lipinski definition) is 0. The van der Waals surface area contributed by atoms with Crippen molar-refractivity contribution in [2.75, 3.05) is 6.61 Å². The van der Waals surface area contributed by atoms with E-state index in [4.69, 9.17) is 15.9 Å². The predicted octanol–water partition coefficient (Wildman–Crippen LogP) is 1.83. The number of terminal acetylenes is 1. The molecule has 0 aliphatic rings. The number of hydrogen-bond acceptors (Lipinski definition) is 3. The van der Waals surface area contributed by atoms with Crippen LogP contribution >= 0.6 is 0 Å². The van der Waals surface area contributed by atoms with Crippen LogP contribution in [0.4, 0.5) is 0 Å². The number of ether oxygens (including phenoxy) is 2. The zero-order valence-electron chi connectivity index (χ0n) is 7.82. The Hall–Kier alpha value is -1.95. The van der Waals surface area contributed by atoms with Gasteiger partial charge in [0.15, 0.2) is 0 Å². The number of esters is 1. The molecule has 72 valence electrons. The lowest BCUT2D eigenvalue weighted by molar-refractivity contribution is 0.0526. The van der Waals surface area contributed by atoms with Crippen LogP contribution in [0.2, 0.25) is 0 Å². The first-order valence-corrected chi connectivity index (χ1v) is 4.17. The Morgan fingerprint density at radius 3 is 2.57 bits per heavy atom. The van der Waals surface area contributed by atoms with Crippen LogP contribution in [0.15, 0.2) is 24.3 Å². The molecule has 1 aromatic rings. The molecule has 0 saturated carbocycles. The van der Waals surface area contributed by atoms with Crippen LogP contribution in [-0.2, 0) is 4.74 Å². The molecule has 0 aliphatic carbocycles. The van der Waals surface area contributed by atoms with Crippen LogP contribution < -0.4 is 4.74 Å². The number of benzene rings is 1. The number of carbonyl (C=O) groups is 1. The molecule has 14 heavy (non-hydrogen) atoms. The van der Waals surface area contributed by atoms with Crippen LogP contribution in [0.5, 0.6) is 5.75 Å². The van der Waals surface area contributed by atoms with Gasteiger partial charge in [0.05, 0.1) is 12.2 Å². The standard InChI is InChI=1S/C11H10O3/c1-3-13-10-7-5-9(6-8-10)11(12)14-4-2/h1,5-8H,4H2,2H3. The van der Waals surface area contributed by atoms with Crippen LogP contribution in [0.25, 0.3) is 0 Å². The summed E-state index contributed by atoms with van der Waals surface area (Å²) in [5, 5.41) is 0. The molecule has 0 spiro atoms. The van der Waals surface area contributed by atoms with E-state index in [0.717, 1.165) is 0 Å². The largest absolute Gasteiger partial charge is 0.462 e. The second kappa shape index (κ2) is 4.93. The van der Waals surface area contributed by atoms with Gasteiger partial charge in [0.25, 0.3) is 0 Å². The van der Waals surface area contributed by atoms with Crippen molar-refractivity contribution in [3.63, 3.8) is 0 Å². The van der Waals surface area contributed by atoms with Crippen molar-refractivity contribution in [3.05, 3.63) is 29.8 Å². The first-order chi connectivity index (χ1) is 6.77. The summed E-state index contributed by atoms with van der Waals surface area (Å²) in [6.45, 7) is 2.12. The Morgan fingerprint density at radius 2 is 2.07 bits per heavy atom. The average Bonchev–Trinajstić information content (AvgIpc) is 2.20. The smallest absolute Gasteiger partial charge is 0.338 e. The van der Waals surface area contributed by atoms with E-state index < -0.39 is 0 Å². The number of rotatable bonds is 3. The fraction of sp³-hybridized carbons (Fsp3) is 0.182. The maximum absolute atomic E-state index is 11.2. The third-order valence-electron chi connectivity index (χ3n) is 1.54. The molecule has 0 radical (unpaired) electrons. The summed E-state index contributed by atoms with van der Waals surface area (Å²) in [5.74, 6) is 0.181. The molecular formula is C11H10O3. The van der Waals surface area contributed by atoms with Crippen LogP contribution in [0.3, 0.4) is 0 Å². The molecule has 1 aromatic carbocycles. The highest BCUT2D eigenvalue weighted by molar-refractivity contribution is 5.89. The summed E-state index contributed by atoms with van der Waals surface area (Å²) < 4.78 is 9.58. The van der Waals surface area contributed by atoms with Gasteiger partial charge in [-0.05, 0) is 31.2 Å². The lowest BCUT2D eigenvalue weighted by Gasteiger charge is -2.01. The van der Waals surface area contributed by atoms with E-state index in [1.807, 2.05) is 6.11 Å². The Kier molecular flexibility index (Phi) is 3.57. The van der Waals surface area contributed by atoms with Crippen molar-refractivity contribution < 1.29 is 14.3 Å². The Morgan fingerprint density at radius 1 is 1.43 bits per heavy atom. The molecule has 0 atom stereocenters. The van der Waals surface area contributed by atoms with Crippen molar-refractivity contribution in [1.29, 1.82) is 0 Å². The van der Waals surface area contributed by atoms with Gasteiger partial charge in [0.2, 0.25) is 0 Å². The zero-order valence-corrected chi connectivity index (χ0v) is 7.82. The monoisotopic (exact) mass is 190 g/mol. The van der Waals surface area contributed by atoms with E-state index >= 15 is 0 Å². The molecule has 0 amide bonds. The molecule has 0 heterocycles. The van der Waals surface area contributed by atoms with Gasteiger partial charge < -0.3 is 9.47 Å². The molecule has 3 nitrogen and oxygen atoms in total. The lowest BCUT2D eigenvalue weighted by Crippen LogP contribution is -2.03. The minimum absolute atomic E-state index is 0.347. The van der Waals surface area contributed by atoms with Crippen LogP contribution in [-0.4, -0.2) is 12.6 Å². The highest BCUT2D eigenvalue weighted by Gasteiger charge is 2.05. The van der Waals surface area contributed by atoms with E-state index in [-0.39, 0.29) is 5.97 Å². The fourth-order valence-electron chi connectivity index (χ4n) is 0.942. The Bertz CT molecular complexity index is 346. The minimum Gasteiger partial charge on any atom is -0.462 e. The third kappa shape index (κ3) is 2.53. The second-order valence-electron chi connectivity index (χ2n) is 2.46. The summed E-state index contributed by atoms with van der Waals surface area (Å²) in [4.78, 5) is 11.2. The van der Waals surface area contributed by atoms with E-state index in [2.05, 4.69) is 0 Å². The first-order valence-electron chi connectivity index (χ1n) is 4.17. The maximum Gasteiger partial charge on any atom is 0.338 e. The highest BCUT2D eigenvalue weighted by atomic mass is 16.5. The molecule has 0 bridgehead atoms. The van der Waals surface area contributed by atoms with Crippen molar-refractivity contribution >= 4 is 5.97 Å². The van der Waals surface area contributed by atoms with E-state index in [1.54, 1.807) is 31.2 Å². The lowest BCUT2D eigenvalue weighted by atomic mass is 10.2. The van der Waals surface area contributed by atoms with E-state index in [9.17, 15) is 4.79 Å². The molecule has 0 aromatic heterocycles. The van der Waals surface area contributed by atoms with Gasteiger partial charge in [-0.2, -0.15) is 0 Å². The summed E-state index contributed by atoms with van der Waals surface area (Å²) in [7, 11) is 0. The number of carbonyl (C=O) groups excluding carboxylic acids is 1. The highest BCUT2D eigenvalue weighted by Crippen LogP contribution is 2.12. The molecule has 0 N–H and O–H groups in total. The topological polar surface area (TPSA) is 35.5 Å². The van der Waals surface area contributed by atoms with Gasteiger partial charge in [0.1, 0.15) is 11.9 Å². The summed E-state index contributed by atoms with van der Waals surface area (Å²) in [5.41, 5.74) is 0.483. The van der Waals surface area contributed by atoms with Crippen molar-refractivity contribution in [2.45, 2.75) is 6.92 Å². The average molecular weight is 190 g/mol. The predicted molar refractivity (Wildman–Crippen MR) is 51.9 cm³/mol. The Balaban J connectivity index is 2.73. The summed E-state index contributed by atoms with van der Waals surface area (Å²) in [6.07, 6.45) is 6.98. The van der Waals surface area contributed by atoms with Crippen molar-refractivity contribution in [3.8, 4) is 18.3 Å². The Labute approximate surface area is 82.6 Å². The molecular weight excluding hydrogens is 180 g/mol. The summed E-state index contributed by atoms with van der Waals surface area (Å²) >= 11 is 0. The first kappa shape index (κ1) is 10.1. The fourth-order valence-corrected chi connectivity index (χ4v) is 0.942. The van der Waals surface area contributed by atoms with E-state index in [0.29, 0.717) is 17.9 Å². The molecule has 3 heteroatoms. The van der Waals surface area contributed by atoms with Gasteiger partial charge >= 0.3 is 5.97 Å². The van der Waals surface area contributed by atoms with Crippen LogP contribution in [0, 0.1) is 12.5 Å². The zero-order chi connectivity index (χ0) is 10.4. The van der Waals surface area contributed by atoms with Crippen molar-refractivity contribution in [1.82, 2.24) is 0 Å². The second-order valence-corrected chi connectivity index (χ2v) is 2.46. The van der Waals surface area contributed by atoms with Crippen LogP contribution in [0.1, 0.15) is 17.3 Å². The molecule has 1 rings (SSSR count). The summed E-state index contributed by atoms with van der Waals surface area (Å²) in [6, 6.07) is 6.44. The molecule has 0 unspecified atom stereocenters. The quantitative estimate of drug-likeness (QED) is 0.538. The maximum atomic E-state index is 11.2. The molecule has 0 fully saturated rings. The third-order valence-corrected chi connectivity index (χ3v) is 1.54. The van der Waals surface area contributed by atoms with Gasteiger partial charge in [-0.3, -0.25) is 0 Å².